The van der Waals surface area contributed by atoms with Crippen molar-refractivity contribution in [1.82, 2.24) is 4.90 Å². The summed E-state index contributed by atoms with van der Waals surface area (Å²) in [6, 6.07) is 6.98. The molecule has 37 heavy (non-hydrogen) atoms. The monoisotopic (exact) mass is 517 g/mol. The Morgan fingerprint density at radius 2 is 2.00 bits per heavy atom. The van der Waals surface area contributed by atoms with Crippen LogP contribution in [0.25, 0.3) is 0 Å². The molecule has 2 aliphatic rings. The molecule has 2 aromatic rings. The first-order valence-electron chi connectivity index (χ1n) is 12.1. The van der Waals surface area contributed by atoms with Gasteiger partial charge in [-0.25, -0.2) is 0 Å². The summed E-state index contributed by atoms with van der Waals surface area (Å²) in [5, 5.41) is 16.6. The molecule has 0 aromatic heterocycles. The standard InChI is InChI=1S/C27H30F3N3O4/c1-26(16-31-22-14-19(36-27(28,29)30)10-11-24(22)37-26)25(35)32-21-15-23(34)20(17-7-4-5-8-17)13-18(21)9-6-12-33(2)3/h10-11,13-15,17,31,34H,4-5,7-8,12,16H2,1-3H3,(H,32,35). The molecule has 1 amide bonds. The normalized spacial score (nSPS) is 19.3. The molecule has 0 radical (unpaired) electrons. The highest BCUT2D eigenvalue weighted by molar-refractivity contribution is 5.99. The number of anilines is 2. The molecule has 1 aliphatic heterocycles. The van der Waals surface area contributed by atoms with Crippen LogP contribution in [-0.4, -0.2) is 55.1 Å². The zero-order valence-electron chi connectivity index (χ0n) is 21.0. The van der Waals surface area contributed by atoms with Gasteiger partial charge in [0.05, 0.1) is 24.5 Å². The Morgan fingerprint density at radius 3 is 2.68 bits per heavy atom. The van der Waals surface area contributed by atoms with Gasteiger partial charge in [0, 0.05) is 17.7 Å². The van der Waals surface area contributed by atoms with Gasteiger partial charge in [-0.05, 0) is 63.5 Å². The minimum Gasteiger partial charge on any atom is -0.508 e. The van der Waals surface area contributed by atoms with Crippen molar-refractivity contribution in [2.24, 2.45) is 0 Å². The van der Waals surface area contributed by atoms with Crippen molar-refractivity contribution in [2.45, 2.75) is 50.5 Å². The average molecular weight is 518 g/mol. The van der Waals surface area contributed by atoms with E-state index < -0.39 is 23.6 Å². The van der Waals surface area contributed by atoms with E-state index in [4.69, 9.17) is 4.74 Å². The van der Waals surface area contributed by atoms with Gasteiger partial charge in [-0.2, -0.15) is 0 Å². The number of rotatable bonds is 5. The molecule has 3 N–H and O–H groups in total. The van der Waals surface area contributed by atoms with Gasteiger partial charge in [-0.15, -0.1) is 13.2 Å². The summed E-state index contributed by atoms with van der Waals surface area (Å²) in [5.41, 5.74) is 0.683. The summed E-state index contributed by atoms with van der Waals surface area (Å²) in [5.74, 6) is 5.88. The number of nitrogens with zero attached hydrogens (tertiary/aromatic N) is 1. The third-order valence-electron chi connectivity index (χ3n) is 6.44. The minimum atomic E-state index is -4.82. The van der Waals surface area contributed by atoms with Crippen molar-refractivity contribution >= 4 is 17.3 Å². The summed E-state index contributed by atoms with van der Waals surface area (Å²) >= 11 is 0. The molecule has 2 aromatic carbocycles. The van der Waals surface area contributed by atoms with E-state index in [1.54, 1.807) is 6.92 Å². The first-order valence-corrected chi connectivity index (χ1v) is 12.1. The van der Waals surface area contributed by atoms with Crippen LogP contribution in [0.15, 0.2) is 30.3 Å². The van der Waals surface area contributed by atoms with Crippen LogP contribution in [0.1, 0.15) is 49.7 Å². The van der Waals surface area contributed by atoms with Crippen LogP contribution in [0.4, 0.5) is 24.5 Å². The van der Waals surface area contributed by atoms with Crippen LogP contribution in [0.3, 0.4) is 0 Å². The minimum absolute atomic E-state index is 0.00488. The fraction of sp³-hybridized carbons (Fsp3) is 0.444. The van der Waals surface area contributed by atoms with Crippen molar-refractivity contribution in [3.63, 3.8) is 0 Å². The van der Waals surface area contributed by atoms with E-state index in [9.17, 15) is 23.1 Å². The fourth-order valence-electron chi connectivity index (χ4n) is 4.53. The first kappa shape index (κ1) is 26.5. The SMILES string of the molecule is CN(C)CC#Cc1cc(C2CCCC2)c(O)cc1NC(=O)C1(C)CNc2cc(OC(F)(F)F)ccc2O1. The third-order valence-corrected chi connectivity index (χ3v) is 6.44. The number of nitrogens with one attached hydrogen (secondary N) is 2. The van der Waals surface area contributed by atoms with Gasteiger partial charge in [0.2, 0.25) is 5.60 Å². The molecule has 0 spiro atoms. The number of phenolic OH excluding ortho intramolecular Hbond substituents is 1. The predicted molar refractivity (Wildman–Crippen MR) is 134 cm³/mol. The maximum Gasteiger partial charge on any atom is 0.573 e. The van der Waals surface area contributed by atoms with Crippen LogP contribution in [0, 0.1) is 11.8 Å². The van der Waals surface area contributed by atoms with E-state index >= 15 is 0 Å². The molecule has 1 saturated carbocycles. The Balaban J connectivity index is 1.57. The van der Waals surface area contributed by atoms with E-state index in [0.29, 0.717) is 17.8 Å². The fourth-order valence-corrected chi connectivity index (χ4v) is 4.53. The Hall–Kier alpha value is -3.58. The number of hydrogen-bond acceptors (Lipinski definition) is 6. The van der Waals surface area contributed by atoms with E-state index in [0.717, 1.165) is 37.3 Å². The van der Waals surface area contributed by atoms with Crippen molar-refractivity contribution in [3.8, 4) is 29.1 Å². The zero-order valence-corrected chi connectivity index (χ0v) is 21.0. The van der Waals surface area contributed by atoms with Crippen molar-refractivity contribution in [1.29, 1.82) is 0 Å². The second-order valence-electron chi connectivity index (χ2n) is 9.82. The lowest BCUT2D eigenvalue weighted by molar-refractivity contribution is -0.274. The van der Waals surface area contributed by atoms with Gasteiger partial charge in [-0.3, -0.25) is 9.69 Å². The quantitative estimate of drug-likeness (QED) is 0.481. The number of carbonyl (C=O) groups excluding carboxylic acids is 1. The van der Waals surface area contributed by atoms with Crippen LogP contribution in [0.5, 0.6) is 17.2 Å². The number of phenols is 1. The molecule has 198 valence electrons. The molecule has 10 heteroatoms. The molecule has 7 nitrogen and oxygen atoms in total. The number of benzene rings is 2. The Labute approximate surface area is 213 Å². The summed E-state index contributed by atoms with van der Waals surface area (Å²) in [7, 11) is 3.81. The number of aromatic hydroxyl groups is 1. The maximum atomic E-state index is 13.4. The zero-order chi connectivity index (χ0) is 26.8. The molecule has 1 atom stereocenters. The van der Waals surface area contributed by atoms with Gasteiger partial charge in [0.15, 0.2) is 0 Å². The number of alkyl halides is 3. The van der Waals surface area contributed by atoms with Gasteiger partial charge < -0.3 is 25.2 Å². The number of carbonyl (C=O) groups is 1. The van der Waals surface area contributed by atoms with Crippen LogP contribution < -0.4 is 20.1 Å². The Bertz CT molecular complexity index is 1230. The van der Waals surface area contributed by atoms with Crippen LogP contribution in [0.2, 0.25) is 0 Å². The van der Waals surface area contributed by atoms with Crippen LogP contribution in [-0.2, 0) is 4.79 Å². The summed E-state index contributed by atoms with van der Waals surface area (Å²) in [4.78, 5) is 15.3. The lowest BCUT2D eigenvalue weighted by Gasteiger charge is -2.35. The predicted octanol–water partition coefficient (Wildman–Crippen LogP) is 5.06. The average Bonchev–Trinajstić information content (AvgIpc) is 3.34. The lowest BCUT2D eigenvalue weighted by atomic mass is 9.93. The van der Waals surface area contributed by atoms with Gasteiger partial charge in [0.25, 0.3) is 5.91 Å². The largest absolute Gasteiger partial charge is 0.573 e. The highest BCUT2D eigenvalue weighted by Gasteiger charge is 2.40. The van der Waals surface area contributed by atoms with E-state index in [-0.39, 0.29) is 29.6 Å². The van der Waals surface area contributed by atoms with Crippen molar-refractivity contribution in [3.05, 3.63) is 41.5 Å². The molecule has 1 fully saturated rings. The van der Waals surface area contributed by atoms with Gasteiger partial charge in [0.1, 0.15) is 17.2 Å². The molecule has 1 heterocycles. The molecule has 0 saturated heterocycles. The maximum absolute atomic E-state index is 13.4. The first-order chi connectivity index (χ1) is 17.4. The van der Waals surface area contributed by atoms with E-state index in [1.807, 2.05) is 25.1 Å². The van der Waals surface area contributed by atoms with Crippen molar-refractivity contribution in [2.75, 3.05) is 37.8 Å². The Morgan fingerprint density at radius 1 is 1.27 bits per heavy atom. The number of hydrogen-bond donors (Lipinski definition) is 3. The molecule has 1 aliphatic carbocycles. The summed E-state index contributed by atoms with van der Waals surface area (Å²) in [6.45, 7) is 2.09. The number of halogens is 3. The van der Waals surface area contributed by atoms with E-state index in [2.05, 4.69) is 27.2 Å². The second-order valence-corrected chi connectivity index (χ2v) is 9.82. The third kappa shape index (κ3) is 6.41. The smallest absolute Gasteiger partial charge is 0.508 e. The van der Waals surface area contributed by atoms with Gasteiger partial charge in [-0.1, -0.05) is 24.7 Å². The van der Waals surface area contributed by atoms with E-state index in [1.165, 1.54) is 18.2 Å². The summed E-state index contributed by atoms with van der Waals surface area (Å²) < 4.78 is 47.5. The summed E-state index contributed by atoms with van der Waals surface area (Å²) in [6.07, 6.45) is -0.603. The topological polar surface area (TPSA) is 83.1 Å². The highest BCUT2D eigenvalue weighted by atomic mass is 19.4. The highest BCUT2D eigenvalue weighted by Crippen LogP contribution is 2.41. The van der Waals surface area contributed by atoms with Gasteiger partial charge >= 0.3 is 6.36 Å². The number of fused-ring (bicyclic) bond motifs is 1. The van der Waals surface area contributed by atoms with Crippen molar-refractivity contribution < 1.29 is 32.5 Å². The lowest BCUT2D eigenvalue weighted by Crippen LogP contribution is -2.52. The number of amides is 1. The molecule has 1 unspecified atom stereocenters. The Kier molecular flexibility index (Phi) is 7.46. The molecule has 4 rings (SSSR count). The molecular formula is C27H30F3N3O4. The molecule has 0 bridgehead atoms. The second kappa shape index (κ2) is 10.4. The van der Waals surface area contributed by atoms with Crippen LogP contribution >= 0.6 is 0 Å². The number of ether oxygens (including phenoxy) is 2. The molecular weight excluding hydrogens is 487 g/mol.